The molecule has 1 saturated heterocycles. The molecule has 0 unspecified atom stereocenters. The minimum Gasteiger partial charge on any atom is -0.467 e. The summed E-state index contributed by atoms with van der Waals surface area (Å²) in [5.74, 6) is 1.53. The van der Waals surface area contributed by atoms with E-state index in [0.717, 1.165) is 5.76 Å². The highest BCUT2D eigenvalue weighted by molar-refractivity contribution is 5.56. The van der Waals surface area contributed by atoms with Crippen molar-refractivity contribution in [2.45, 2.75) is 6.54 Å². The van der Waals surface area contributed by atoms with Crippen molar-refractivity contribution in [3.63, 3.8) is 0 Å². The SMILES string of the molecule is Fc1ccccc1Nc1nc(NCc2ccco2)nc(N2CCOCC2)n1. The van der Waals surface area contributed by atoms with Crippen LogP contribution in [0, 0.1) is 5.82 Å². The predicted octanol–water partition coefficient (Wildman–Crippen LogP) is 2.80. The number of hydrogen-bond donors (Lipinski definition) is 2. The number of furan rings is 1. The molecule has 2 aromatic heterocycles. The van der Waals surface area contributed by atoms with E-state index in [4.69, 9.17) is 9.15 Å². The Morgan fingerprint density at radius 2 is 1.81 bits per heavy atom. The Labute approximate surface area is 155 Å². The average molecular weight is 370 g/mol. The van der Waals surface area contributed by atoms with E-state index < -0.39 is 0 Å². The monoisotopic (exact) mass is 370 g/mol. The van der Waals surface area contributed by atoms with E-state index in [1.165, 1.54) is 6.07 Å². The molecule has 0 amide bonds. The molecule has 1 aromatic carbocycles. The van der Waals surface area contributed by atoms with Crippen molar-refractivity contribution in [1.29, 1.82) is 0 Å². The molecule has 0 aliphatic carbocycles. The van der Waals surface area contributed by atoms with E-state index in [-0.39, 0.29) is 11.8 Å². The summed E-state index contributed by atoms with van der Waals surface area (Å²) in [5.41, 5.74) is 0.300. The van der Waals surface area contributed by atoms with Crippen LogP contribution in [0.3, 0.4) is 0 Å². The summed E-state index contributed by atoms with van der Waals surface area (Å²) >= 11 is 0. The van der Waals surface area contributed by atoms with Gasteiger partial charge in [0.15, 0.2) is 0 Å². The van der Waals surface area contributed by atoms with E-state index in [1.54, 1.807) is 24.5 Å². The molecule has 0 spiro atoms. The van der Waals surface area contributed by atoms with Gasteiger partial charge in [-0.15, -0.1) is 0 Å². The maximum Gasteiger partial charge on any atom is 0.233 e. The van der Waals surface area contributed by atoms with Crippen LogP contribution in [-0.2, 0) is 11.3 Å². The molecule has 0 radical (unpaired) electrons. The fourth-order valence-electron chi connectivity index (χ4n) is 2.67. The fraction of sp³-hybridized carbons (Fsp3) is 0.278. The van der Waals surface area contributed by atoms with Gasteiger partial charge >= 0.3 is 0 Å². The molecule has 27 heavy (non-hydrogen) atoms. The molecule has 8 nitrogen and oxygen atoms in total. The van der Waals surface area contributed by atoms with Crippen LogP contribution in [0.25, 0.3) is 0 Å². The zero-order chi connectivity index (χ0) is 18.5. The van der Waals surface area contributed by atoms with Gasteiger partial charge in [-0.2, -0.15) is 15.0 Å². The molecule has 0 bridgehead atoms. The normalized spacial score (nSPS) is 14.2. The third-order valence-electron chi connectivity index (χ3n) is 4.04. The van der Waals surface area contributed by atoms with Gasteiger partial charge in [-0.1, -0.05) is 12.1 Å². The van der Waals surface area contributed by atoms with E-state index in [9.17, 15) is 4.39 Å². The smallest absolute Gasteiger partial charge is 0.233 e. The lowest BCUT2D eigenvalue weighted by molar-refractivity contribution is 0.122. The first-order valence-electron chi connectivity index (χ1n) is 8.64. The van der Waals surface area contributed by atoms with Crippen LogP contribution >= 0.6 is 0 Å². The Morgan fingerprint density at radius 1 is 1.00 bits per heavy atom. The van der Waals surface area contributed by atoms with Crippen molar-refractivity contribution in [3.05, 3.63) is 54.2 Å². The summed E-state index contributed by atoms with van der Waals surface area (Å²) in [6, 6.07) is 10.0. The number of anilines is 4. The predicted molar refractivity (Wildman–Crippen MR) is 98.6 cm³/mol. The molecule has 1 fully saturated rings. The minimum atomic E-state index is -0.379. The fourth-order valence-corrected chi connectivity index (χ4v) is 2.67. The van der Waals surface area contributed by atoms with Gasteiger partial charge in [0.1, 0.15) is 11.6 Å². The highest BCUT2D eigenvalue weighted by atomic mass is 19.1. The molecule has 4 rings (SSSR count). The van der Waals surface area contributed by atoms with Gasteiger partial charge in [0.05, 0.1) is 31.7 Å². The second-order valence-corrected chi connectivity index (χ2v) is 5.92. The van der Waals surface area contributed by atoms with E-state index in [1.807, 2.05) is 17.0 Å². The molecular formula is C18H19FN6O2. The molecule has 3 heterocycles. The number of rotatable bonds is 6. The van der Waals surface area contributed by atoms with Crippen molar-refractivity contribution < 1.29 is 13.5 Å². The number of morpholine rings is 1. The van der Waals surface area contributed by atoms with Gasteiger partial charge in [-0.25, -0.2) is 4.39 Å². The lowest BCUT2D eigenvalue weighted by Crippen LogP contribution is -2.37. The maximum atomic E-state index is 14.0. The van der Waals surface area contributed by atoms with Gasteiger partial charge in [0.2, 0.25) is 17.8 Å². The van der Waals surface area contributed by atoms with Gasteiger partial charge in [-0.3, -0.25) is 0 Å². The van der Waals surface area contributed by atoms with Gasteiger partial charge < -0.3 is 24.7 Å². The van der Waals surface area contributed by atoms with Gasteiger partial charge in [0.25, 0.3) is 0 Å². The van der Waals surface area contributed by atoms with Crippen molar-refractivity contribution in [2.24, 2.45) is 0 Å². The molecule has 0 atom stereocenters. The first-order chi connectivity index (χ1) is 13.3. The zero-order valence-electron chi connectivity index (χ0n) is 14.6. The second-order valence-electron chi connectivity index (χ2n) is 5.92. The zero-order valence-corrected chi connectivity index (χ0v) is 14.6. The summed E-state index contributed by atoms with van der Waals surface area (Å²) in [6.45, 7) is 3.01. The number of aromatic nitrogens is 3. The third-order valence-corrected chi connectivity index (χ3v) is 4.04. The Hall–Kier alpha value is -3.20. The Bertz CT molecular complexity index is 883. The van der Waals surface area contributed by atoms with Crippen molar-refractivity contribution in [2.75, 3.05) is 41.8 Å². The number of halogens is 1. The topological polar surface area (TPSA) is 88.3 Å². The van der Waals surface area contributed by atoms with Crippen LogP contribution in [0.5, 0.6) is 0 Å². The molecule has 140 valence electrons. The number of benzene rings is 1. The maximum absolute atomic E-state index is 14.0. The first-order valence-corrected chi connectivity index (χ1v) is 8.64. The molecule has 1 aliphatic heterocycles. The summed E-state index contributed by atoms with van der Waals surface area (Å²) in [6.07, 6.45) is 1.61. The van der Waals surface area contributed by atoms with Gasteiger partial charge in [0, 0.05) is 13.1 Å². The molecular weight excluding hydrogens is 351 g/mol. The van der Waals surface area contributed by atoms with Crippen LogP contribution in [-0.4, -0.2) is 41.3 Å². The van der Waals surface area contributed by atoms with Crippen LogP contribution in [0.1, 0.15) is 5.76 Å². The van der Waals surface area contributed by atoms with Crippen molar-refractivity contribution in [1.82, 2.24) is 15.0 Å². The summed E-state index contributed by atoms with van der Waals surface area (Å²) in [4.78, 5) is 15.3. The van der Waals surface area contributed by atoms with E-state index in [2.05, 4.69) is 25.6 Å². The van der Waals surface area contributed by atoms with Crippen LogP contribution in [0.2, 0.25) is 0 Å². The van der Waals surface area contributed by atoms with E-state index in [0.29, 0.717) is 50.4 Å². The Balaban J connectivity index is 1.60. The highest BCUT2D eigenvalue weighted by Gasteiger charge is 2.17. The standard InChI is InChI=1S/C18H19FN6O2/c19-14-5-1-2-6-15(14)21-17-22-16(20-12-13-4-3-9-27-13)23-18(24-17)25-7-10-26-11-8-25/h1-6,9H,7-8,10-12H2,(H2,20,21,22,23,24). The lowest BCUT2D eigenvalue weighted by atomic mass is 10.3. The number of nitrogens with one attached hydrogen (secondary N) is 2. The van der Waals surface area contributed by atoms with Crippen LogP contribution in [0.4, 0.5) is 27.9 Å². The quantitative estimate of drug-likeness (QED) is 0.685. The lowest BCUT2D eigenvalue weighted by Gasteiger charge is -2.27. The second kappa shape index (κ2) is 8.00. The summed E-state index contributed by atoms with van der Waals surface area (Å²) < 4.78 is 24.7. The minimum absolute atomic E-state index is 0.263. The van der Waals surface area contributed by atoms with Crippen molar-refractivity contribution in [3.8, 4) is 0 Å². The molecule has 3 aromatic rings. The number of ether oxygens (including phenoxy) is 1. The van der Waals surface area contributed by atoms with Gasteiger partial charge in [-0.05, 0) is 24.3 Å². The first kappa shape index (κ1) is 17.2. The van der Waals surface area contributed by atoms with Crippen LogP contribution < -0.4 is 15.5 Å². The number of nitrogens with zero attached hydrogens (tertiary/aromatic N) is 4. The number of para-hydroxylation sites is 1. The molecule has 1 aliphatic rings. The summed E-state index contributed by atoms with van der Waals surface area (Å²) in [7, 11) is 0. The van der Waals surface area contributed by atoms with Crippen molar-refractivity contribution >= 4 is 23.5 Å². The average Bonchev–Trinajstić information content (AvgIpc) is 3.22. The molecule has 9 heteroatoms. The molecule has 0 saturated carbocycles. The summed E-state index contributed by atoms with van der Waals surface area (Å²) in [5, 5.41) is 6.05. The van der Waals surface area contributed by atoms with E-state index >= 15 is 0 Å². The van der Waals surface area contributed by atoms with Crippen LogP contribution in [0.15, 0.2) is 47.1 Å². The molecule has 2 N–H and O–H groups in total. The Morgan fingerprint density at radius 3 is 2.59 bits per heavy atom. The number of hydrogen-bond acceptors (Lipinski definition) is 8. The largest absolute Gasteiger partial charge is 0.467 e. The third kappa shape index (κ3) is 4.32. The Kier molecular flexibility index (Phi) is 5.10. The highest BCUT2D eigenvalue weighted by Crippen LogP contribution is 2.21.